The number of methoxy groups -OCH3 is 2. The highest BCUT2D eigenvalue weighted by atomic mass is 35.5. The molecule has 8 nitrogen and oxygen atoms in total. The van der Waals surface area contributed by atoms with Gasteiger partial charge in [0.1, 0.15) is 22.2 Å². The van der Waals surface area contributed by atoms with Crippen molar-refractivity contribution in [2.24, 2.45) is 0 Å². The molecule has 0 unspecified atom stereocenters. The molecule has 4 rings (SSSR count). The quantitative estimate of drug-likeness (QED) is 0.385. The molecule has 38 heavy (non-hydrogen) atoms. The molecule has 3 aromatic rings. The molecule has 3 aromatic carbocycles. The van der Waals surface area contributed by atoms with Crippen LogP contribution in [0, 0.1) is 0 Å². The number of hydrogen-bond donors (Lipinski definition) is 2. The van der Waals surface area contributed by atoms with E-state index in [1.165, 1.54) is 62.8 Å². The third kappa shape index (κ3) is 5.28. The maximum absolute atomic E-state index is 13.1. The maximum atomic E-state index is 13.1. The maximum Gasteiger partial charge on any atom is 0.416 e. The Labute approximate surface area is 219 Å². The number of nitrogens with zero attached hydrogens (tertiary/aromatic N) is 1. The summed E-state index contributed by atoms with van der Waals surface area (Å²) < 4.78 is 49.2. The lowest BCUT2D eigenvalue weighted by atomic mass is 10.1. The van der Waals surface area contributed by atoms with Gasteiger partial charge in [-0.3, -0.25) is 14.4 Å². The summed E-state index contributed by atoms with van der Waals surface area (Å²) in [7, 11) is 2.84. The normalized spacial score (nSPS) is 13.6. The van der Waals surface area contributed by atoms with Gasteiger partial charge in [0.15, 0.2) is 0 Å². The van der Waals surface area contributed by atoms with Gasteiger partial charge in [0.05, 0.1) is 25.5 Å². The molecule has 0 aliphatic carbocycles. The lowest BCUT2D eigenvalue weighted by Crippen LogP contribution is -2.32. The number of carbonyl (C=O) groups excluding carboxylic acids is 3. The first kappa shape index (κ1) is 26.6. The topological polar surface area (TPSA) is 97.0 Å². The monoisotopic (exact) mass is 545 g/mol. The molecule has 0 bridgehead atoms. The second kappa shape index (κ2) is 10.5. The first-order valence-electron chi connectivity index (χ1n) is 10.9. The minimum absolute atomic E-state index is 0.0203. The summed E-state index contributed by atoms with van der Waals surface area (Å²) in [5, 5.41) is 4.85. The zero-order chi connectivity index (χ0) is 27.6. The number of alkyl halides is 3. The van der Waals surface area contributed by atoms with Crippen LogP contribution in [0.1, 0.15) is 15.9 Å². The van der Waals surface area contributed by atoms with Gasteiger partial charge >= 0.3 is 6.18 Å². The van der Waals surface area contributed by atoms with E-state index in [0.717, 1.165) is 17.0 Å². The minimum atomic E-state index is -4.54. The molecule has 1 aliphatic heterocycles. The van der Waals surface area contributed by atoms with E-state index in [1.54, 1.807) is 6.07 Å². The number of imide groups is 1. The van der Waals surface area contributed by atoms with Crippen molar-refractivity contribution in [3.63, 3.8) is 0 Å². The molecule has 1 heterocycles. The minimum Gasteiger partial charge on any atom is -0.497 e. The molecule has 2 N–H and O–H groups in total. The molecule has 0 spiro atoms. The molecule has 0 saturated heterocycles. The third-order valence-corrected chi connectivity index (χ3v) is 5.87. The van der Waals surface area contributed by atoms with E-state index in [0.29, 0.717) is 11.4 Å². The zero-order valence-corrected chi connectivity index (χ0v) is 20.6. The predicted octanol–water partition coefficient (Wildman–Crippen LogP) is 5.41. The fourth-order valence-corrected chi connectivity index (χ4v) is 3.84. The Morgan fingerprint density at radius 1 is 0.895 bits per heavy atom. The Morgan fingerprint density at radius 2 is 1.61 bits per heavy atom. The summed E-state index contributed by atoms with van der Waals surface area (Å²) in [5.74, 6) is -1.46. The van der Waals surface area contributed by atoms with Crippen LogP contribution in [0.15, 0.2) is 77.5 Å². The van der Waals surface area contributed by atoms with Crippen LogP contribution in [0.4, 0.5) is 30.2 Å². The molecule has 0 aromatic heterocycles. The van der Waals surface area contributed by atoms with Crippen molar-refractivity contribution in [3.8, 4) is 11.5 Å². The number of anilines is 3. The molecule has 0 fully saturated rings. The summed E-state index contributed by atoms with van der Waals surface area (Å²) in [6.07, 6.45) is -4.54. The molecule has 0 atom stereocenters. The van der Waals surface area contributed by atoms with Gasteiger partial charge in [0.2, 0.25) is 0 Å². The summed E-state index contributed by atoms with van der Waals surface area (Å²) >= 11 is 6.18. The van der Waals surface area contributed by atoms with Crippen LogP contribution in [0.5, 0.6) is 11.5 Å². The van der Waals surface area contributed by atoms with E-state index in [2.05, 4.69) is 10.6 Å². The van der Waals surface area contributed by atoms with Crippen molar-refractivity contribution < 1.29 is 37.0 Å². The zero-order valence-electron chi connectivity index (χ0n) is 19.9. The molecule has 3 amide bonds. The molecule has 0 saturated carbocycles. The Balaban J connectivity index is 1.49. The number of nitrogens with one attached hydrogen (secondary N) is 2. The molecular weight excluding hydrogens is 527 g/mol. The Hall–Kier alpha value is -4.51. The highest BCUT2D eigenvalue weighted by Gasteiger charge is 2.40. The number of rotatable bonds is 7. The summed E-state index contributed by atoms with van der Waals surface area (Å²) in [6.45, 7) is 0. The lowest BCUT2D eigenvalue weighted by molar-refractivity contribution is -0.137. The van der Waals surface area contributed by atoms with E-state index in [9.17, 15) is 27.6 Å². The Morgan fingerprint density at radius 3 is 2.24 bits per heavy atom. The third-order valence-electron chi connectivity index (χ3n) is 5.52. The average molecular weight is 546 g/mol. The van der Waals surface area contributed by atoms with Crippen molar-refractivity contribution in [2.45, 2.75) is 6.18 Å². The highest BCUT2D eigenvalue weighted by molar-refractivity contribution is 6.53. The van der Waals surface area contributed by atoms with Crippen LogP contribution in [0.25, 0.3) is 0 Å². The van der Waals surface area contributed by atoms with Gasteiger partial charge in [0, 0.05) is 23.0 Å². The van der Waals surface area contributed by atoms with E-state index < -0.39 is 29.5 Å². The van der Waals surface area contributed by atoms with E-state index in [-0.39, 0.29) is 33.4 Å². The first-order valence-corrected chi connectivity index (χ1v) is 11.3. The second-order valence-corrected chi connectivity index (χ2v) is 8.29. The Kier molecular flexibility index (Phi) is 7.31. The van der Waals surface area contributed by atoms with Gasteiger partial charge in [0.25, 0.3) is 17.7 Å². The molecular formula is C26H19ClF3N3O5. The predicted molar refractivity (Wildman–Crippen MR) is 134 cm³/mol. The molecule has 0 radical (unpaired) electrons. The molecule has 196 valence electrons. The fourth-order valence-electron chi connectivity index (χ4n) is 3.63. The second-order valence-electron chi connectivity index (χ2n) is 7.91. The smallest absolute Gasteiger partial charge is 0.416 e. The van der Waals surface area contributed by atoms with Crippen molar-refractivity contribution in [2.75, 3.05) is 29.8 Å². The number of benzene rings is 3. The largest absolute Gasteiger partial charge is 0.497 e. The van der Waals surface area contributed by atoms with Crippen molar-refractivity contribution in [1.29, 1.82) is 0 Å². The van der Waals surface area contributed by atoms with Crippen LogP contribution < -0.4 is 25.0 Å². The lowest BCUT2D eigenvalue weighted by Gasteiger charge is -2.18. The first-order chi connectivity index (χ1) is 18.0. The van der Waals surface area contributed by atoms with E-state index in [4.69, 9.17) is 21.1 Å². The van der Waals surface area contributed by atoms with Crippen molar-refractivity contribution in [1.82, 2.24) is 0 Å². The number of carbonyl (C=O) groups is 3. The fraction of sp³-hybridized carbons (Fsp3) is 0.115. The SMILES string of the molecule is COc1ccc(N2C(=O)C(Cl)=C(Nc3ccc(C(=O)Nc4cccc(C(F)(F)F)c4)cc3)C2=O)c(OC)c1. The van der Waals surface area contributed by atoms with Gasteiger partial charge in [-0.25, -0.2) is 4.90 Å². The molecule has 1 aliphatic rings. The van der Waals surface area contributed by atoms with Crippen LogP contribution in [0.2, 0.25) is 0 Å². The van der Waals surface area contributed by atoms with Crippen molar-refractivity contribution >= 4 is 46.4 Å². The van der Waals surface area contributed by atoms with Gasteiger partial charge < -0.3 is 20.1 Å². The van der Waals surface area contributed by atoms with Crippen LogP contribution in [0.3, 0.4) is 0 Å². The van der Waals surface area contributed by atoms with Crippen LogP contribution in [-0.4, -0.2) is 31.9 Å². The number of halogens is 4. The number of ether oxygens (including phenoxy) is 2. The van der Waals surface area contributed by atoms with Gasteiger partial charge in [-0.05, 0) is 54.6 Å². The number of amides is 3. The molecule has 12 heteroatoms. The van der Waals surface area contributed by atoms with E-state index >= 15 is 0 Å². The standard InChI is InChI=1S/C26H19ClF3N3O5/c1-37-18-10-11-19(20(13-18)38-2)33-24(35)21(27)22(25(33)36)31-16-8-6-14(7-9-16)23(34)32-17-5-3-4-15(12-17)26(28,29)30/h3-13,31H,1-2H3,(H,32,34). The Bertz CT molecular complexity index is 1460. The average Bonchev–Trinajstić information content (AvgIpc) is 3.11. The summed E-state index contributed by atoms with van der Waals surface area (Å²) in [5.41, 5.74) is -0.453. The van der Waals surface area contributed by atoms with Crippen LogP contribution >= 0.6 is 11.6 Å². The van der Waals surface area contributed by atoms with Crippen LogP contribution in [-0.2, 0) is 15.8 Å². The highest BCUT2D eigenvalue weighted by Crippen LogP contribution is 2.37. The number of hydrogen-bond acceptors (Lipinski definition) is 6. The summed E-state index contributed by atoms with van der Waals surface area (Å²) in [6, 6.07) is 14.5. The van der Waals surface area contributed by atoms with Gasteiger partial charge in [-0.15, -0.1) is 0 Å². The van der Waals surface area contributed by atoms with Crippen molar-refractivity contribution in [3.05, 3.63) is 88.6 Å². The summed E-state index contributed by atoms with van der Waals surface area (Å²) in [4.78, 5) is 39.3. The van der Waals surface area contributed by atoms with Gasteiger partial charge in [-0.2, -0.15) is 13.2 Å². The van der Waals surface area contributed by atoms with Gasteiger partial charge in [-0.1, -0.05) is 17.7 Å². The van der Waals surface area contributed by atoms with E-state index in [1.807, 2.05) is 0 Å².